The monoisotopic (exact) mass is 424 g/mol. The first kappa shape index (κ1) is 22.3. The number of carbonyl (C=O) groups is 3. The fourth-order valence-corrected chi connectivity index (χ4v) is 3.45. The summed E-state index contributed by atoms with van der Waals surface area (Å²) in [6.45, 7) is 6.48. The molecule has 0 unspecified atom stereocenters. The molecule has 1 aliphatic heterocycles. The van der Waals surface area contributed by atoms with E-state index >= 15 is 0 Å². The van der Waals surface area contributed by atoms with Crippen LogP contribution in [0.2, 0.25) is 0 Å². The van der Waals surface area contributed by atoms with Crippen LogP contribution in [0.4, 0.5) is 0 Å². The maximum absolute atomic E-state index is 12.5. The largest absolute Gasteiger partial charge is 0.484 e. The van der Waals surface area contributed by atoms with Crippen LogP contribution in [-0.4, -0.2) is 48.4 Å². The molecule has 0 radical (unpaired) electrons. The number of piperidine rings is 1. The first-order valence-corrected chi connectivity index (χ1v) is 10.4. The van der Waals surface area contributed by atoms with Gasteiger partial charge in [0.1, 0.15) is 11.5 Å². The molecular weight excluding hydrogens is 396 g/mol. The lowest BCUT2D eigenvalue weighted by Crippen LogP contribution is -2.47. The van der Waals surface area contributed by atoms with Crippen LogP contribution in [0, 0.1) is 13.8 Å². The van der Waals surface area contributed by atoms with Crippen molar-refractivity contribution < 1.29 is 23.9 Å². The second-order valence-electron chi connectivity index (χ2n) is 7.78. The third kappa shape index (κ3) is 6.31. The molecule has 0 atom stereocenters. The van der Waals surface area contributed by atoms with Crippen molar-refractivity contribution in [3.8, 4) is 11.5 Å². The Morgan fingerprint density at radius 3 is 2.42 bits per heavy atom. The highest BCUT2D eigenvalue weighted by Crippen LogP contribution is 2.18. The Hall–Kier alpha value is -3.35. The van der Waals surface area contributed by atoms with Crippen LogP contribution in [0.3, 0.4) is 0 Å². The SMILES string of the molecule is CC(=O)Oc1cccc(C(=O)NC2CCN(C(=O)COc3ccc(C)c(C)c3)CC2)c1. The van der Waals surface area contributed by atoms with Crippen molar-refractivity contribution in [3.63, 3.8) is 0 Å². The predicted molar refractivity (Wildman–Crippen MR) is 116 cm³/mol. The molecular formula is C24H28N2O5. The van der Waals surface area contributed by atoms with Gasteiger partial charge < -0.3 is 19.7 Å². The van der Waals surface area contributed by atoms with E-state index in [-0.39, 0.29) is 24.5 Å². The summed E-state index contributed by atoms with van der Waals surface area (Å²) in [5, 5.41) is 3.00. The van der Waals surface area contributed by atoms with E-state index in [1.807, 2.05) is 32.0 Å². The number of nitrogens with one attached hydrogen (secondary N) is 1. The molecule has 31 heavy (non-hydrogen) atoms. The number of aryl methyl sites for hydroxylation is 2. The van der Waals surface area contributed by atoms with Crippen LogP contribution in [0.1, 0.15) is 41.3 Å². The van der Waals surface area contributed by atoms with E-state index in [0.29, 0.717) is 43.0 Å². The Balaban J connectivity index is 1.45. The van der Waals surface area contributed by atoms with E-state index in [0.717, 1.165) is 5.56 Å². The van der Waals surface area contributed by atoms with Gasteiger partial charge in [-0.3, -0.25) is 14.4 Å². The van der Waals surface area contributed by atoms with Crippen molar-refractivity contribution in [1.82, 2.24) is 10.2 Å². The summed E-state index contributed by atoms with van der Waals surface area (Å²) in [5.74, 6) is 0.309. The normalized spacial score (nSPS) is 14.1. The number of carbonyl (C=O) groups excluding carboxylic acids is 3. The van der Waals surface area contributed by atoms with Crippen LogP contribution >= 0.6 is 0 Å². The Bertz CT molecular complexity index is 964. The maximum Gasteiger partial charge on any atom is 0.308 e. The standard InChI is InChI=1S/C24H28N2O5/c1-16-7-8-21(13-17(16)2)30-15-23(28)26-11-9-20(10-12-26)25-24(29)19-5-4-6-22(14-19)31-18(3)27/h4-8,13-14,20H,9-12,15H2,1-3H3,(H,25,29). The second kappa shape index (κ2) is 10.1. The molecule has 2 amide bonds. The average molecular weight is 424 g/mol. The summed E-state index contributed by atoms with van der Waals surface area (Å²) < 4.78 is 10.7. The lowest BCUT2D eigenvalue weighted by molar-refractivity contribution is -0.134. The third-order valence-electron chi connectivity index (χ3n) is 5.38. The van der Waals surface area contributed by atoms with Gasteiger partial charge in [0.25, 0.3) is 11.8 Å². The summed E-state index contributed by atoms with van der Waals surface area (Å²) in [5.41, 5.74) is 2.74. The van der Waals surface area contributed by atoms with E-state index in [1.165, 1.54) is 12.5 Å². The molecule has 1 fully saturated rings. The van der Waals surface area contributed by atoms with Crippen LogP contribution in [-0.2, 0) is 9.59 Å². The van der Waals surface area contributed by atoms with Gasteiger partial charge in [0.05, 0.1) is 0 Å². The Morgan fingerprint density at radius 2 is 1.74 bits per heavy atom. The van der Waals surface area contributed by atoms with Gasteiger partial charge in [0.2, 0.25) is 0 Å². The summed E-state index contributed by atoms with van der Waals surface area (Å²) >= 11 is 0. The molecule has 0 saturated carbocycles. The zero-order chi connectivity index (χ0) is 22.4. The van der Waals surface area contributed by atoms with Crippen LogP contribution in [0.25, 0.3) is 0 Å². The molecule has 0 aliphatic carbocycles. The number of amides is 2. The number of esters is 1. The fourth-order valence-electron chi connectivity index (χ4n) is 3.45. The number of hydrogen-bond acceptors (Lipinski definition) is 5. The van der Waals surface area contributed by atoms with Gasteiger partial charge in [0, 0.05) is 31.6 Å². The minimum absolute atomic E-state index is 0.00245. The molecule has 2 aromatic rings. The van der Waals surface area contributed by atoms with Crippen molar-refractivity contribution in [2.24, 2.45) is 0 Å². The van der Waals surface area contributed by atoms with Gasteiger partial charge in [-0.15, -0.1) is 0 Å². The molecule has 7 nitrogen and oxygen atoms in total. The van der Waals surface area contributed by atoms with E-state index in [1.54, 1.807) is 29.2 Å². The molecule has 7 heteroatoms. The first-order chi connectivity index (χ1) is 14.8. The Morgan fingerprint density at radius 1 is 1.00 bits per heavy atom. The summed E-state index contributed by atoms with van der Waals surface area (Å²) in [4.78, 5) is 37.9. The molecule has 1 heterocycles. The van der Waals surface area contributed by atoms with Crippen LogP contribution < -0.4 is 14.8 Å². The van der Waals surface area contributed by atoms with E-state index in [9.17, 15) is 14.4 Å². The highest BCUT2D eigenvalue weighted by atomic mass is 16.5. The van der Waals surface area contributed by atoms with Crippen molar-refractivity contribution in [1.29, 1.82) is 0 Å². The molecule has 0 bridgehead atoms. The van der Waals surface area contributed by atoms with E-state index < -0.39 is 5.97 Å². The van der Waals surface area contributed by atoms with Crippen molar-refractivity contribution >= 4 is 17.8 Å². The van der Waals surface area contributed by atoms with Crippen molar-refractivity contribution in [2.75, 3.05) is 19.7 Å². The predicted octanol–water partition coefficient (Wildman–Crippen LogP) is 3.03. The second-order valence-corrected chi connectivity index (χ2v) is 7.78. The highest BCUT2D eigenvalue weighted by Gasteiger charge is 2.24. The van der Waals surface area contributed by atoms with Crippen molar-refractivity contribution in [2.45, 2.75) is 39.7 Å². The van der Waals surface area contributed by atoms with Gasteiger partial charge in [0.15, 0.2) is 6.61 Å². The number of hydrogen-bond donors (Lipinski definition) is 1. The Kier molecular flexibility index (Phi) is 7.28. The lowest BCUT2D eigenvalue weighted by Gasteiger charge is -2.32. The van der Waals surface area contributed by atoms with Crippen LogP contribution in [0.5, 0.6) is 11.5 Å². The first-order valence-electron chi connectivity index (χ1n) is 10.4. The molecule has 0 aromatic heterocycles. The van der Waals surface area contributed by atoms with Gasteiger partial charge >= 0.3 is 5.97 Å². The minimum Gasteiger partial charge on any atom is -0.484 e. The van der Waals surface area contributed by atoms with Crippen molar-refractivity contribution in [3.05, 3.63) is 59.2 Å². The quantitative estimate of drug-likeness (QED) is 0.569. The minimum atomic E-state index is -0.434. The average Bonchev–Trinajstić information content (AvgIpc) is 2.74. The zero-order valence-corrected chi connectivity index (χ0v) is 18.1. The maximum atomic E-state index is 12.5. The molecule has 1 saturated heterocycles. The highest BCUT2D eigenvalue weighted by molar-refractivity contribution is 5.95. The molecule has 0 spiro atoms. The lowest BCUT2D eigenvalue weighted by atomic mass is 10.0. The summed E-state index contributed by atoms with van der Waals surface area (Å²) in [7, 11) is 0. The van der Waals surface area contributed by atoms with Gasteiger partial charge in [-0.2, -0.15) is 0 Å². The summed E-state index contributed by atoms with van der Waals surface area (Å²) in [6.07, 6.45) is 1.34. The molecule has 2 aromatic carbocycles. The molecule has 164 valence electrons. The number of nitrogens with zero attached hydrogens (tertiary/aromatic N) is 1. The topological polar surface area (TPSA) is 84.9 Å². The van der Waals surface area contributed by atoms with E-state index in [4.69, 9.17) is 9.47 Å². The number of rotatable bonds is 6. The number of benzene rings is 2. The van der Waals surface area contributed by atoms with Crippen LogP contribution in [0.15, 0.2) is 42.5 Å². The number of likely N-dealkylation sites (tertiary alicyclic amines) is 1. The summed E-state index contributed by atoms with van der Waals surface area (Å²) in [6, 6.07) is 12.3. The van der Waals surface area contributed by atoms with Gasteiger partial charge in [-0.1, -0.05) is 12.1 Å². The number of ether oxygens (including phenoxy) is 2. The molecule has 1 N–H and O–H groups in total. The van der Waals surface area contributed by atoms with E-state index in [2.05, 4.69) is 5.32 Å². The van der Waals surface area contributed by atoms with Gasteiger partial charge in [-0.05, 0) is 68.1 Å². The smallest absolute Gasteiger partial charge is 0.308 e. The fraction of sp³-hybridized carbons (Fsp3) is 0.375. The van der Waals surface area contributed by atoms with Gasteiger partial charge in [-0.25, -0.2) is 0 Å². The third-order valence-corrected chi connectivity index (χ3v) is 5.38. The molecule has 3 rings (SSSR count). The Labute approximate surface area is 182 Å². The zero-order valence-electron chi connectivity index (χ0n) is 18.1. The molecule has 1 aliphatic rings.